The highest BCUT2D eigenvalue weighted by Gasteiger charge is 2.16. The van der Waals surface area contributed by atoms with E-state index in [0.717, 1.165) is 16.3 Å². The molecule has 118 valence electrons. The maximum absolute atomic E-state index is 12.3. The van der Waals surface area contributed by atoms with Crippen molar-refractivity contribution in [2.75, 3.05) is 11.9 Å². The summed E-state index contributed by atoms with van der Waals surface area (Å²) in [5.41, 5.74) is 1.66. The van der Waals surface area contributed by atoms with Crippen LogP contribution in [0.15, 0.2) is 36.5 Å². The van der Waals surface area contributed by atoms with Crippen LogP contribution < -0.4 is 10.1 Å². The topological polar surface area (TPSA) is 79.9 Å². The summed E-state index contributed by atoms with van der Waals surface area (Å²) in [6.45, 7) is 4.41. The van der Waals surface area contributed by atoms with Gasteiger partial charge in [0.25, 0.3) is 5.91 Å². The monoisotopic (exact) mass is 328 g/mol. The zero-order valence-electron chi connectivity index (χ0n) is 12.8. The highest BCUT2D eigenvalue weighted by molar-refractivity contribution is 7.17. The van der Waals surface area contributed by atoms with Crippen molar-refractivity contribution in [1.29, 1.82) is 0 Å². The van der Waals surface area contributed by atoms with E-state index in [2.05, 4.69) is 20.5 Å². The Morgan fingerprint density at radius 3 is 2.74 bits per heavy atom. The van der Waals surface area contributed by atoms with E-state index in [1.54, 1.807) is 12.3 Å². The number of ether oxygens (including phenoxy) is 1. The molecular weight excluding hydrogens is 312 g/mol. The number of carbonyl (C=O) groups excluding carboxylic acids is 1. The van der Waals surface area contributed by atoms with E-state index >= 15 is 0 Å². The van der Waals surface area contributed by atoms with Gasteiger partial charge in [-0.2, -0.15) is 5.10 Å². The second-order valence-electron chi connectivity index (χ2n) is 4.82. The van der Waals surface area contributed by atoms with E-state index in [-0.39, 0.29) is 5.91 Å². The minimum Gasteiger partial charge on any atom is -0.494 e. The minimum atomic E-state index is -0.193. The van der Waals surface area contributed by atoms with E-state index < -0.39 is 0 Å². The fraction of sp³-hybridized carbons (Fsp3) is 0.188. The molecule has 1 amide bonds. The molecule has 0 atom stereocenters. The Labute approximate surface area is 137 Å². The van der Waals surface area contributed by atoms with Crippen molar-refractivity contribution in [1.82, 2.24) is 15.2 Å². The second kappa shape index (κ2) is 6.62. The SMILES string of the molecule is CCOc1ccc(-c2nc(C)c(C(=O)Nc3ccn[nH]3)s2)cc1. The lowest BCUT2D eigenvalue weighted by molar-refractivity contribution is 0.102. The molecule has 2 heterocycles. The molecule has 0 fully saturated rings. The molecule has 7 heteroatoms. The predicted octanol–water partition coefficient (Wildman–Crippen LogP) is 3.49. The van der Waals surface area contributed by atoms with Gasteiger partial charge in [-0.15, -0.1) is 11.3 Å². The van der Waals surface area contributed by atoms with Crippen LogP contribution in [-0.4, -0.2) is 27.7 Å². The van der Waals surface area contributed by atoms with Crippen molar-refractivity contribution >= 4 is 23.1 Å². The quantitative estimate of drug-likeness (QED) is 0.751. The number of hydrogen-bond donors (Lipinski definition) is 2. The van der Waals surface area contributed by atoms with Gasteiger partial charge in [0, 0.05) is 11.6 Å². The molecule has 0 radical (unpaired) electrons. The third-order valence-corrected chi connectivity index (χ3v) is 4.37. The first-order valence-corrected chi connectivity index (χ1v) is 8.00. The fourth-order valence-corrected chi connectivity index (χ4v) is 3.06. The van der Waals surface area contributed by atoms with E-state index in [4.69, 9.17) is 4.74 Å². The predicted molar refractivity (Wildman–Crippen MR) is 90.0 cm³/mol. The van der Waals surface area contributed by atoms with Crippen molar-refractivity contribution in [3.63, 3.8) is 0 Å². The Hall–Kier alpha value is -2.67. The number of amides is 1. The number of anilines is 1. The lowest BCUT2D eigenvalue weighted by Gasteiger charge is -2.02. The average molecular weight is 328 g/mol. The van der Waals surface area contributed by atoms with Gasteiger partial charge in [0.05, 0.1) is 18.5 Å². The number of nitrogens with one attached hydrogen (secondary N) is 2. The summed E-state index contributed by atoms with van der Waals surface area (Å²) in [4.78, 5) is 17.4. The number of nitrogens with zero attached hydrogens (tertiary/aromatic N) is 2. The van der Waals surface area contributed by atoms with E-state index in [9.17, 15) is 4.79 Å². The average Bonchev–Trinajstić information content (AvgIpc) is 3.18. The number of benzene rings is 1. The van der Waals surface area contributed by atoms with Gasteiger partial charge in [-0.05, 0) is 38.1 Å². The molecule has 0 aliphatic rings. The van der Waals surface area contributed by atoms with Gasteiger partial charge in [-0.1, -0.05) is 0 Å². The Morgan fingerprint density at radius 1 is 1.30 bits per heavy atom. The first-order valence-electron chi connectivity index (χ1n) is 7.18. The van der Waals surface area contributed by atoms with Gasteiger partial charge in [0.1, 0.15) is 21.5 Å². The smallest absolute Gasteiger partial charge is 0.268 e. The van der Waals surface area contributed by atoms with Crippen molar-refractivity contribution in [3.05, 3.63) is 47.1 Å². The third kappa shape index (κ3) is 3.40. The highest BCUT2D eigenvalue weighted by Crippen LogP contribution is 2.29. The van der Waals surface area contributed by atoms with Gasteiger partial charge >= 0.3 is 0 Å². The lowest BCUT2D eigenvalue weighted by Crippen LogP contribution is -2.11. The maximum Gasteiger partial charge on any atom is 0.268 e. The number of thiazole rings is 1. The van der Waals surface area contributed by atoms with Gasteiger partial charge in [-0.3, -0.25) is 9.89 Å². The van der Waals surface area contributed by atoms with Crippen LogP contribution in [0.5, 0.6) is 5.75 Å². The molecule has 0 aliphatic carbocycles. The van der Waals surface area contributed by atoms with Crippen LogP contribution in [0, 0.1) is 6.92 Å². The fourth-order valence-electron chi connectivity index (χ4n) is 2.10. The van der Waals surface area contributed by atoms with Crippen LogP contribution >= 0.6 is 11.3 Å². The molecule has 2 N–H and O–H groups in total. The molecule has 6 nitrogen and oxygen atoms in total. The molecule has 3 rings (SSSR count). The molecule has 0 saturated heterocycles. The van der Waals surface area contributed by atoms with Crippen LogP contribution in [0.2, 0.25) is 0 Å². The third-order valence-electron chi connectivity index (χ3n) is 3.16. The van der Waals surface area contributed by atoms with Gasteiger partial charge < -0.3 is 10.1 Å². The Kier molecular flexibility index (Phi) is 4.38. The molecule has 0 unspecified atom stereocenters. The first kappa shape index (κ1) is 15.2. The molecule has 3 aromatic rings. The summed E-state index contributed by atoms with van der Waals surface area (Å²) in [7, 11) is 0. The number of aryl methyl sites for hydroxylation is 1. The summed E-state index contributed by atoms with van der Waals surface area (Å²) in [6, 6.07) is 9.39. The van der Waals surface area contributed by atoms with Gasteiger partial charge in [-0.25, -0.2) is 4.98 Å². The minimum absolute atomic E-state index is 0.193. The Balaban J connectivity index is 1.81. The maximum atomic E-state index is 12.3. The van der Waals surface area contributed by atoms with Gasteiger partial charge in [0.15, 0.2) is 0 Å². The molecule has 2 aromatic heterocycles. The van der Waals surface area contributed by atoms with Crippen molar-refractivity contribution in [2.45, 2.75) is 13.8 Å². The number of rotatable bonds is 5. The molecule has 23 heavy (non-hydrogen) atoms. The summed E-state index contributed by atoms with van der Waals surface area (Å²) in [5.74, 6) is 1.19. The largest absolute Gasteiger partial charge is 0.494 e. The standard InChI is InChI=1S/C16H16N4O2S/c1-3-22-12-6-4-11(5-7-12)16-18-10(2)14(23-16)15(21)19-13-8-9-17-20-13/h4-9H,3H2,1-2H3,(H2,17,19,20,21). The Bertz CT molecular complexity index is 794. The van der Waals surface area contributed by atoms with Crippen LogP contribution in [0.4, 0.5) is 5.82 Å². The van der Waals surface area contributed by atoms with Crippen molar-refractivity contribution in [3.8, 4) is 16.3 Å². The van der Waals surface area contributed by atoms with E-state index in [0.29, 0.717) is 23.0 Å². The summed E-state index contributed by atoms with van der Waals surface area (Å²) >= 11 is 1.36. The number of aromatic nitrogens is 3. The van der Waals surface area contributed by atoms with Crippen LogP contribution in [-0.2, 0) is 0 Å². The van der Waals surface area contributed by atoms with Crippen LogP contribution in [0.25, 0.3) is 10.6 Å². The molecule has 0 bridgehead atoms. The molecular formula is C16H16N4O2S. The van der Waals surface area contributed by atoms with Gasteiger partial charge in [0.2, 0.25) is 0 Å². The lowest BCUT2D eigenvalue weighted by atomic mass is 10.2. The number of H-pyrrole nitrogens is 1. The molecule has 0 spiro atoms. The summed E-state index contributed by atoms with van der Waals surface area (Å²) in [5, 5.41) is 10.1. The Morgan fingerprint density at radius 2 is 2.09 bits per heavy atom. The zero-order valence-corrected chi connectivity index (χ0v) is 13.6. The van der Waals surface area contributed by atoms with Crippen LogP contribution in [0.1, 0.15) is 22.3 Å². The van der Waals surface area contributed by atoms with E-state index in [1.807, 2.05) is 38.1 Å². The number of aromatic amines is 1. The van der Waals surface area contributed by atoms with E-state index in [1.165, 1.54) is 11.3 Å². The number of hydrogen-bond acceptors (Lipinski definition) is 5. The molecule has 0 saturated carbocycles. The van der Waals surface area contributed by atoms with Crippen molar-refractivity contribution < 1.29 is 9.53 Å². The normalized spacial score (nSPS) is 10.5. The highest BCUT2D eigenvalue weighted by atomic mass is 32.1. The van der Waals surface area contributed by atoms with Crippen LogP contribution in [0.3, 0.4) is 0 Å². The molecule has 1 aromatic carbocycles. The summed E-state index contributed by atoms with van der Waals surface area (Å²) in [6.07, 6.45) is 1.58. The summed E-state index contributed by atoms with van der Waals surface area (Å²) < 4.78 is 5.43. The number of carbonyl (C=O) groups is 1. The van der Waals surface area contributed by atoms with Crippen molar-refractivity contribution in [2.24, 2.45) is 0 Å². The first-order chi connectivity index (χ1) is 11.2. The molecule has 0 aliphatic heterocycles. The zero-order chi connectivity index (χ0) is 16.2. The second-order valence-corrected chi connectivity index (χ2v) is 5.81.